The summed E-state index contributed by atoms with van der Waals surface area (Å²) in [6.45, 7) is 1.74. The van der Waals surface area contributed by atoms with Crippen LogP contribution in [0, 0.1) is 5.82 Å². The number of rotatable bonds is 3. The molecule has 0 bridgehead atoms. The average Bonchev–Trinajstić information content (AvgIpc) is 2.83. The molecule has 1 aromatic heterocycles. The highest BCUT2D eigenvalue weighted by Gasteiger charge is 2.10. The number of carbonyl (C=O) groups excluding carboxylic acids is 1. The summed E-state index contributed by atoms with van der Waals surface area (Å²) in [5, 5.41) is 3.93. The van der Waals surface area contributed by atoms with E-state index < -0.39 is 11.7 Å². The molecule has 0 saturated heterocycles. The minimum atomic E-state index is -0.583. The Morgan fingerprint density at radius 1 is 1.32 bits per heavy atom. The SMILES string of the molecule is C/C(=N\NC(=O)c1ccccc1F)c1ccc(Cl)s1. The molecule has 0 aliphatic rings. The smallest absolute Gasteiger partial charge is 0.267 e. The maximum Gasteiger partial charge on any atom is 0.274 e. The molecule has 2 rings (SSSR count). The average molecular weight is 297 g/mol. The van der Waals surface area contributed by atoms with Gasteiger partial charge < -0.3 is 0 Å². The van der Waals surface area contributed by atoms with Gasteiger partial charge in [-0.05, 0) is 31.2 Å². The van der Waals surface area contributed by atoms with E-state index in [4.69, 9.17) is 11.6 Å². The van der Waals surface area contributed by atoms with Crippen LogP contribution in [0.2, 0.25) is 4.34 Å². The van der Waals surface area contributed by atoms with Crippen molar-refractivity contribution in [2.45, 2.75) is 6.92 Å². The van der Waals surface area contributed by atoms with Crippen LogP contribution >= 0.6 is 22.9 Å². The number of halogens is 2. The Labute approximate surface area is 118 Å². The van der Waals surface area contributed by atoms with Crippen LogP contribution in [-0.2, 0) is 0 Å². The summed E-state index contributed by atoms with van der Waals surface area (Å²) >= 11 is 7.17. The summed E-state index contributed by atoms with van der Waals surface area (Å²) in [6, 6.07) is 9.30. The van der Waals surface area contributed by atoms with Gasteiger partial charge in [0.15, 0.2) is 0 Å². The number of nitrogens with one attached hydrogen (secondary N) is 1. The van der Waals surface area contributed by atoms with Crippen molar-refractivity contribution in [3.05, 3.63) is 57.0 Å². The molecule has 0 aliphatic carbocycles. The first-order chi connectivity index (χ1) is 9.08. The van der Waals surface area contributed by atoms with Gasteiger partial charge in [0.2, 0.25) is 0 Å². The number of benzene rings is 1. The number of hydrogen-bond donors (Lipinski definition) is 1. The molecule has 0 unspecified atom stereocenters. The second-order valence-electron chi connectivity index (χ2n) is 3.72. The van der Waals surface area contributed by atoms with Crippen LogP contribution < -0.4 is 5.43 Å². The summed E-state index contributed by atoms with van der Waals surface area (Å²) in [7, 11) is 0. The fourth-order valence-electron chi connectivity index (χ4n) is 1.40. The third-order valence-corrected chi connectivity index (χ3v) is 3.71. The maximum atomic E-state index is 13.4. The van der Waals surface area contributed by atoms with Gasteiger partial charge in [0.25, 0.3) is 5.91 Å². The second kappa shape index (κ2) is 5.95. The number of nitrogens with zero attached hydrogens (tertiary/aromatic N) is 1. The van der Waals surface area contributed by atoms with Crippen LogP contribution in [0.5, 0.6) is 0 Å². The molecule has 0 spiro atoms. The normalized spacial score (nSPS) is 11.4. The minimum absolute atomic E-state index is 0.0386. The van der Waals surface area contributed by atoms with Gasteiger partial charge in [-0.1, -0.05) is 23.7 Å². The highest BCUT2D eigenvalue weighted by Crippen LogP contribution is 2.21. The number of hydrazone groups is 1. The molecule has 0 radical (unpaired) electrons. The molecule has 1 amide bonds. The predicted molar refractivity (Wildman–Crippen MR) is 75.4 cm³/mol. The first-order valence-electron chi connectivity index (χ1n) is 5.43. The minimum Gasteiger partial charge on any atom is -0.267 e. The van der Waals surface area contributed by atoms with Crippen LogP contribution in [0.25, 0.3) is 0 Å². The highest BCUT2D eigenvalue weighted by molar-refractivity contribution is 7.18. The van der Waals surface area contributed by atoms with Gasteiger partial charge in [0, 0.05) is 0 Å². The Kier molecular flexibility index (Phi) is 4.29. The molecule has 0 atom stereocenters. The quantitative estimate of drug-likeness (QED) is 0.681. The van der Waals surface area contributed by atoms with E-state index in [0.717, 1.165) is 4.88 Å². The number of amides is 1. The first-order valence-corrected chi connectivity index (χ1v) is 6.62. The van der Waals surface area contributed by atoms with Gasteiger partial charge in [0.1, 0.15) is 5.82 Å². The maximum absolute atomic E-state index is 13.4. The summed E-state index contributed by atoms with van der Waals surface area (Å²) in [6.07, 6.45) is 0. The molecule has 1 heterocycles. The molecule has 6 heteroatoms. The molecule has 0 fully saturated rings. The van der Waals surface area contributed by atoms with E-state index in [2.05, 4.69) is 10.5 Å². The molecule has 1 aromatic carbocycles. The lowest BCUT2D eigenvalue weighted by molar-refractivity contribution is 0.0951. The van der Waals surface area contributed by atoms with Crippen molar-refractivity contribution in [3.63, 3.8) is 0 Å². The molecule has 1 N–H and O–H groups in total. The lowest BCUT2D eigenvalue weighted by atomic mass is 10.2. The summed E-state index contributed by atoms with van der Waals surface area (Å²) in [4.78, 5) is 12.6. The van der Waals surface area contributed by atoms with Crippen LogP contribution in [0.1, 0.15) is 22.2 Å². The van der Waals surface area contributed by atoms with E-state index in [0.29, 0.717) is 10.0 Å². The van der Waals surface area contributed by atoms with Gasteiger partial charge in [-0.3, -0.25) is 4.79 Å². The Morgan fingerprint density at radius 2 is 2.05 bits per heavy atom. The zero-order valence-electron chi connectivity index (χ0n) is 9.98. The summed E-state index contributed by atoms with van der Waals surface area (Å²) in [5.74, 6) is -1.16. The molecular weight excluding hydrogens is 287 g/mol. The van der Waals surface area contributed by atoms with E-state index in [1.807, 2.05) is 0 Å². The summed E-state index contributed by atoms with van der Waals surface area (Å²) in [5.41, 5.74) is 2.89. The zero-order valence-corrected chi connectivity index (χ0v) is 11.6. The van der Waals surface area contributed by atoms with Crippen LogP contribution in [-0.4, -0.2) is 11.6 Å². The van der Waals surface area contributed by atoms with E-state index in [1.54, 1.807) is 25.1 Å². The van der Waals surface area contributed by atoms with E-state index in [-0.39, 0.29) is 5.56 Å². The first kappa shape index (κ1) is 13.7. The van der Waals surface area contributed by atoms with Crippen molar-refractivity contribution in [1.29, 1.82) is 0 Å². The standard InChI is InChI=1S/C13H10ClFN2OS/c1-8(11-6-7-12(14)19-11)16-17-13(18)9-4-2-3-5-10(9)15/h2-7H,1H3,(H,17,18)/b16-8+. The van der Waals surface area contributed by atoms with Crippen LogP contribution in [0.15, 0.2) is 41.5 Å². The molecule has 98 valence electrons. The molecular formula is C13H10ClFN2OS. The van der Waals surface area contributed by atoms with Crippen LogP contribution in [0.4, 0.5) is 4.39 Å². The third kappa shape index (κ3) is 3.39. The van der Waals surface area contributed by atoms with E-state index in [1.165, 1.54) is 29.5 Å². The lowest BCUT2D eigenvalue weighted by Crippen LogP contribution is -2.20. The Hall–Kier alpha value is -1.72. The Balaban J connectivity index is 2.10. The van der Waals surface area contributed by atoms with Gasteiger partial charge in [-0.2, -0.15) is 5.10 Å². The van der Waals surface area contributed by atoms with E-state index in [9.17, 15) is 9.18 Å². The highest BCUT2D eigenvalue weighted by atomic mass is 35.5. The van der Waals surface area contributed by atoms with Crippen molar-refractivity contribution >= 4 is 34.6 Å². The molecule has 2 aromatic rings. The number of thiophene rings is 1. The third-order valence-electron chi connectivity index (χ3n) is 2.37. The second-order valence-corrected chi connectivity index (χ2v) is 5.44. The van der Waals surface area contributed by atoms with Gasteiger partial charge in [-0.25, -0.2) is 9.82 Å². The van der Waals surface area contributed by atoms with Crippen LogP contribution in [0.3, 0.4) is 0 Å². The Bertz CT molecular complexity index is 639. The van der Waals surface area contributed by atoms with E-state index >= 15 is 0 Å². The number of hydrogen-bond acceptors (Lipinski definition) is 3. The zero-order chi connectivity index (χ0) is 13.8. The predicted octanol–water partition coefficient (Wildman–Crippen LogP) is 3.69. The Morgan fingerprint density at radius 3 is 2.68 bits per heavy atom. The van der Waals surface area contributed by atoms with Crippen molar-refractivity contribution in [2.75, 3.05) is 0 Å². The fourth-order valence-corrected chi connectivity index (χ4v) is 2.39. The van der Waals surface area contributed by atoms with Crippen molar-refractivity contribution < 1.29 is 9.18 Å². The molecule has 0 aliphatic heterocycles. The number of carbonyl (C=O) groups is 1. The lowest BCUT2D eigenvalue weighted by Gasteiger charge is -2.02. The van der Waals surface area contributed by atoms with Crippen molar-refractivity contribution in [2.24, 2.45) is 5.10 Å². The molecule has 19 heavy (non-hydrogen) atoms. The van der Waals surface area contributed by atoms with Gasteiger partial charge >= 0.3 is 0 Å². The fraction of sp³-hybridized carbons (Fsp3) is 0.0769. The largest absolute Gasteiger partial charge is 0.274 e. The monoisotopic (exact) mass is 296 g/mol. The van der Waals surface area contributed by atoms with Crippen molar-refractivity contribution in [1.82, 2.24) is 5.43 Å². The van der Waals surface area contributed by atoms with Gasteiger partial charge in [-0.15, -0.1) is 11.3 Å². The topological polar surface area (TPSA) is 41.5 Å². The molecule has 3 nitrogen and oxygen atoms in total. The van der Waals surface area contributed by atoms with Crippen molar-refractivity contribution in [3.8, 4) is 0 Å². The molecule has 0 saturated carbocycles. The summed E-state index contributed by atoms with van der Waals surface area (Å²) < 4.78 is 14.0. The van der Waals surface area contributed by atoms with Gasteiger partial charge in [0.05, 0.1) is 20.5 Å².